The normalized spacial score (nSPS) is 12.7. The van der Waals surface area contributed by atoms with E-state index in [0.717, 1.165) is 5.56 Å². The Balaban J connectivity index is 1.59. The molecule has 6 nitrogen and oxygen atoms in total. The van der Waals surface area contributed by atoms with Crippen molar-refractivity contribution in [2.75, 3.05) is 20.5 Å². The van der Waals surface area contributed by atoms with Gasteiger partial charge >= 0.3 is 5.97 Å². The molecule has 2 aromatic carbocycles. The van der Waals surface area contributed by atoms with Crippen LogP contribution in [0.15, 0.2) is 36.4 Å². The molecule has 2 aromatic rings. The maximum atomic E-state index is 12.0. The molecule has 3 rings (SSSR count). The zero-order chi connectivity index (χ0) is 17.6. The summed E-state index contributed by atoms with van der Waals surface area (Å²) in [6, 6.07) is 10.6. The van der Waals surface area contributed by atoms with E-state index in [4.69, 9.17) is 35.3 Å². The monoisotopic (exact) mass is 364 g/mol. The molecule has 1 aliphatic rings. The minimum atomic E-state index is -0.508. The van der Waals surface area contributed by atoms with Crippen LogP contribution in [-0.2, 0) is 27.5 Å². The summed E-state index contributed by atoms with van der Waals surface area (Å²) in [5.41, 5.74) is 1.52. The molecule has 0 radical (unpaired) electrons. The van der Waals surface area contributed by atoms with Crippen molar-refractivity contribution >= 4 is 17.6 Å². The zero-order valence-electron chi connectivity index (χ0n) is 13.6. The van der Waals surface area contributed by atoms with Crippen molar-refractivity contribution in [2.45, 2.75) is 13.2 Å². The minimum Gasteiger partial charge on any atom is -0.493 e. The van der Waals surface area contributed by atoms with Gasteiger partial charge in [-0.05, 0) is 24.3 Å². The summed E-state index contributed by atoms with van der Waals surface area (Å²) in [5, 5.41) is 0.532. The summed E-state index contributed by atoms with van der Waals surface area (Å²) in [4.78, 5) is 12.0. The first-order chi connectivity index (χ1) is 12.2. The Morgan fingerprint density at radius 3 is 2.84 bits per heavy atom. The molecule has 132 valence electrons. The van der Waals surface area contributed by atoms with Crippen LogP contribution in [-0.4, -0.2) is 26.5 Å². The second-order valence-corrected chi connectivity index (χ2v) is 5.70. The van der Waals surface area contributed by atoms with Crippen LogP contribution in [0.4, 0.5) is 0 Å². The molecule has 0 aliphatic carbocycles. The Bertz CT molecular complexity index is 761. The molecule has 0 unspecified atom stereocenters. The number of carbonyl (C=O) groups is 1. The molecule has 0 bridgehead atoms. The molecule has 0 saturated carbocycles. The maximum absolute atomic E-state index is 12.0. The molecule has 0 spiro atoms. The quantitative estimate of drug-likeness (QED) is 0.732. The van der Waals surface area contributed by atoms with Gasteiger partial charge in [-0.1, -0.05) is 23.7 Å². The van der Waals surface area contributed by atoms with Gasteiger partial charge in [-0.25, -0.2) is 4.79 Å². The highest BCUT2D eigenvalue weighted by Crippen LogP contribution is 2.32. The fourth-order valence-electron chi connectivity index (χ4n) is 2.44. The Kier molecular flexibility index (Phi) is 5.63. The first-order valence-electron chi connectivity index (χ1n) is 7.60. The van der Waals surface area contributed by atoms with Crippen LogP contribution < -0.4 is 14.2 Å². The highest BCUT2D eigenvalue weighted by atomic mass is 35.5. The van der Waals surface area contributed by atoms with E-state index in [9.17, 15) is 4.79 Å². The summed E-state index contributed by atoms with van der Waals surface area (Å²) in [7, 11) is 1.53. The Hall–Kier alpha value is -2.44. The second kappa shape index (κ2) is 8.09. The summed E-state index contributed by atoms with van der Waals surface area (Å²) in [6.45, 7) is 0.379. The number of carbonyl (C=O) groups excluding carboxylic acids is 1. The number of benzene rings is 2. The fraction of sp³-hybridized carbons (Fsp3) is 0.278. The van der Waals surface area contributed by atoms with E-state index in [0.29, 0.717) is 34.4 Å². The lowest BCUT2D eigenvalue weighted by Gasteiger charge is -2.21. The summed E-state index contributed by atoms with van der Waals surface area (Å²) < 4.78 is 26.6. The molecule has 0 saturated heterocycles. The molecule has 0 amide bonds. The zero-order valence-corrected chi connectivity index (χ0v) is 14.4. The topological polar surface area (TPSA) is 63.2 Å². The molecular weight excluding hydrogens is 348 g/mol. The Morgan fingerprint density at radius 1 is 1.24 bits per heavy atom. The maximum Gasteiger partial charge on any atom is 0.344 e. The lowest BCUT2D eigenvalue weighted by atomic mass is 10.1. The Labute approximate surface area is 150 Å². The predicted molar refractivity (Wildman–Crippen MR) is 90.0 cm³/mol. The van der Waals surface area contributed by atoms with Gasteiger partial charge in [-0.15, -0.1) is 0 Å². The SMILES string of the molecule is COc1ccccc1OCC(=O)OCc1cc(Cl)cc2c1OCOC2. The molecule has 1 aliphatic heterocycles. The lowest BCUT2D eigenvalue weighted by molar-refractivity contribution is -0.147. The van der Waals surface area contributed by atoms with Crippen LogP contribution in [0.5, 0.6) is 17.2 Å². The number of hydrogen-bond donors (Lipinski definition) is 0. The van der Waals surface area contributed by atoms with Gasteiger partial charge in [0.1, 0.15) is 12.4 Å². The lowest BCUT2D eigenvalue weighted by Crippen LogP contribution is -2.17. The van der Waals surface area contributed by atoms with Crippen LogP contribution >= 0.6 is 11.6 Å². The fourth-order valence-corrected chi connectivity index (χ4v) is 2.70. The number of rotatable bonds is 6. The number of fused-ring (bicyclic) bond motifs is 1. The van der Waals surface area contributed by atoms with Gasteiger partial charge < -0.3 is 23.7 Å². The van der Waals surface area contributed by atoms with Crippen LogP contribution in [0.3, 0.4) is 0 Å². The van der Waals surface area contributed by atoms with E-state index in [1.165, 1.54) is 7.11 Å². The van der Waals surface area contributed by atoms with Gasteiger partial charge in [-0.3, -0.25) is 0 Å². The van der Waals surface area contributed by atoms with Crippen LogP contribution in [0, 0.1) is 0 Å². The molecular formula is C18H17ClO6. The first kappa shape index (κ1) is 17.4. The predicted octanol–water partition coefficient (Wildman–Crippen LogP) is 3.34. The molecule has 0 atom stereocenters. The standard InChI is InChI=1S/C18H17ClO6/c1-21-15-4-2-3-5-16(15)23-10-17(20)24-9-13-7-14(19)6-12-8-22-11-25-18(12)13/h2-7H,8-11H2,1H3. The van der Waals surface area contributed by atoms with Crippen molar-refractivity contribution in [1.82, 2.24) is 0 Å². The number of halogens is 1. The van der Waals surface area contributed by atoms with Gasteiger partial charge in [0.25, 0.3) is 0 Å². The number of ether oxygens (including phenoxy) is 5. The van der Waals surface area contributed by atoms with Crippen LogP contribution in [0.1, 0.15) is 11.1 Å². The van der Waals surface area contributed by atoms with E-state index in [1.807, 2.05) is 6.07 Å². The molecule has 0 aromatic heterocycles. The largest absolute Gasteiger partial charge is 0.493 e. The highest BCUT2D eigenvalue weighted by Gasteiger charge is 2.18. The van der Waals surface area contributed by atoms with Crippen molar-refractivity contribution in [1.29, 1.82) is 0 Å². The first-order valence-corrected chi connectivity index (χ1v) is 7.98. The number of esters is 1. The van der Waals surface area contributed by atoms with Crippen molar-refractivity contribution in [3.8, 4) is 17.2 Å². The third kappa shape index (κ3) is 4.35. The van der Waals surface area contributed by atoms with Crippen molar-refractivity contribution < 1.29 is 28.5 Å². The van der Waals surface area contributed by atoms with Crippen molar-refractivity contribution in [2.24, 2.45) is 0 Å². The summed E-state index contributed by atoms with van der Waals surface area (Å²) >= 11 is 6.08. The smallest absolute Gasteiger partial charge is 0.344 e. The van der Waals surface area contributed by atoms with E-state index in [2.05, 4.69) is 0 Å². The molecule has 7 heteroatoms. The van der Waals surface area contributed by atoms with Gasteiger partial charge in [-0.2, -0.15) is 0 Å². The summed E-state index contributed by atoms with van der Waals surface area (Å²) in [5.74, 6) is 1.16. The van der Waals surface area contributed by atoms with Crippen molar-refractivity contribution in [3.63, 3.8) is 0 Å². The highest BCUT2D eigenvalue weighted by molar-refractivity contribution is 6.30. The van der Waals surface area contributed by atoms with E-state index >= 15 is 0 Å². The van der Waals surface area contributed by atoms with Gasteiger partial charge in [0.2, 0.25) is 0 Å². The van der Waals surface area contributed by atoms with Crippen LogP contribution in [0.2, 0.25) is 5.02 Å². The Morgan fingerprint density at radius 2 is 2.04 bits per heavy atom. The number of hydrogen-bond acceptors (Lipinski definition) is 6. The molecule has 0 fully saturated rings. The van der Waals surface area contributed by atoms with Crippen LogP contribution in [0.25, 0.3) is 0 Å². The average molecular weight is 365 g/mol. The molecule has 0 N–H and O–H groups in total. The van der Waals surface area contributed by atoms with Gasteiger partial charge in [0.15, 0.2) is 24.9 Å². The number of para-hydroxylation sites is 2. The number of methoxy groups -OCH3 is 1. The molecule has 25 heavy (non-hydrogen) atoms. The second-order valence-electron chi connectivity index (χ2n) is 5.26. The third-order valence-electron chi connectivity index (χ3n) is 3.55. The van der Waals surface area contributed by atoms with Gasteiger partial charge in [0.05, 0.1) is 13.7 Å². The van der Waals surface area contributed by atoms with E-state index in [-0.39, 0.29) is 20.0 Å². The van der Waals surface area contributed by atoms with E-state index < -0.39 is 5.97 Å². The van der Waals surface area contributed by atoms with E-state index in [1.54, 1.807) is 30.3 Å². The minimum absolute atomic E-state index is 0.0387. The van der Waals surface area contributed by atoms with Crippen molar-refractivity contribution in [3.05, 3.63) is 52.5 Å². The van der Waals surface area contributed by atoms with Gasteiger partial charge in [0, 0.05) is 16.1 Å². The average Bonchev–Trinajstić information content (AvgIpc) is 2.64. The third-order valence-corrected chi connectivity index (χ3v) is 3.77. The molecule has 1 heterocycles. The summed E-state index contributed by atoms with van der Waals surface area (Å²) in [6.07, 6.45) is 0.